The van der Waals surface area contributed by atoms with Crippen LogP contribution in [-0.4, -0.2) is 34.1 Å². The van der Waals surface area contributed by atoms with E-state index in [1.54, 1.807) is 30.3 Å². The van der Waals surface area contributed by atoms with Gasteiger partial charge in [-0.25, -0.2) is 9.78 Å². The van der Waals surface area contributed by atoms with Crippen molar-refractivity contribution < 1.29 is 19.4 Å². The molecular weight excluding hydrogens is 338 g/mol. The van der Waals surface area contributed by atoms with Gasteiger partial charge >= 0.3 is 5.97 Å². The molecule has 8 nitrogen and oxygen atoms in total. The van der Waals surface area contributed by atoms with E-state index in [-0.39, 0.29) is 17.9 Å². The average molecular weight is 353 g/mol. The first kappa shape index (κ1) is 17.2. The summed E-state index contributed by atoms with van der Waals surface area (Å²) in [5.74, 6) is -1.14. The van der Waals surface area contributed by atoms with E-state index in [2.05, 4.69) is 15.3 Å². The molecule has 3 aromatic rings. The third-order valence-corrected chi connectivity index (χ3v) is 3.78. The number of benzene rings is 2. The number of carboxylic acids is 1. The van der Waals surface area contributed by atoms with Gasteiger partial charge in [0.1, 0.15) is 5.75 Å². The molecule has 0 aliphatic carbocycles. The van der Waals surface area contributed by atoms with E-state index in [9.17, 15) is 14.4 Å². The standard InChI is InChI=1S/C18H15N3O5/c1-26-12-6-7-14-13(8-12)16(22)21-15(20-14)17(23)19-9-10-2-4-11(5-3-10)18(24)25/h2-8H,9H2,1H3,(H,19,23)(H,24,25)(H,20,21,22). The Balaban J connectivity index is 1.77. The van der Waals surface area contributed by atoms with E-state index in [1.165, 1.54) is 19.2 Å². The molecule has 0 spiro atoms. The van der Waals surface area contributed by atoms with Crippen molar-refractivity contribution in [2.24, 2.45) is 0 Å². The Hall–Kier alpha value is -3.68. The number of fused-ring (bicyclic) bond motifs is 1. The second kappa shape index (κ2) is 7.06. The van der Waals surface area contributed by atoms with Gasteiger partial charge in [0.25, 0.3) is 11.5 Å². The molecule has 0 bridgehead atoms. The van der Waals surface area contributed by atoms with Crippen molar-refractivity contribution in [3.05, 3.63) is 69.8 Å². The number of nitrogens with one attached hydrogen (secondary N) is 2. The summed E-state index contributed by atoms with van der Waals surface area (Å²) in [6, 6.07) is 10.9. The number of aromatic nitrogens is 2. The van der Waals surface area contributed by atoms with E-state index in [0.29, 0.717) is 16.7 Å². The Morgan fingerprint density at radius 3 is 2.58 bits per heavy atom. The zero-order valence-corrected chi connectivity index (χ0v) is 13.8. The van der Waals surface area contributed by atoms with Crippen LogP contribution in [0.5, 0.6) is 5.75 Å². The minimum absolute atomic E-state index is 0.102. The molecule has 3 N–H and O–H groups in total. The Kier molecular flexibility index (Phi) is 4.66. The quantitative estimate of drug-likeness (QED) is 0.640. The lowest BCUT2D eigenvalue weighted by Crippen LogP contribution is -2.27. The van der Waals surface area contributed by atoms with E-state index in [4.69, 9.17) is 9.84 Å². The van der Waals surface area contributed by atoms with Gasteiger partial charge in [-0.3, -0.25) is 9.59 Å². The van der Waals surface area contributed by atoms with Crippen molar-refractivity contribution in [1.29, 1.82) is 0 Å². The highest BCUT2D eigenvalue weighted by Crippen LogP contribution is 2.16. The largest absolute Gasteiger partial charge is 0.497 e. The van der Waals surface area contributed by atoms with E-state index >= 15 is 0 Å². The van der Waals surface area contributed by atoms with Gasteiger partial charge in [-0.15, -0.1) is 0 Å². The summed E-state index contributed by atoms with van der Waals surface area (Å²) in [5.41, 5.74) is 0.822. The van der Waals surface area contributed by atoms with Gasteiger partial charge in [0, 0.05) is 6.54 Å². The van der Waals surface area contributed by atoms with Gasteiger partial charge in [0.15, 0.2) is 5.82 Å². The Bertz CT molecular complexity index is 1040. The number of hydrogen-bond acceptors (Lipinski definition) is 5. The summed E-state index contributed by atoms with van der Waals surface area (Å²) in [6.07, 6.45) is 0. The molecule has 0 aliphatic rings. The fraction of sp³-hybridized carbons (Fsp3) is 0.111. The molecule has 26 heavy (non-hydrogen) atoms. The van der Waals surface area contributed by atoms with Crippen LogP contribution >= 0.6 is 0 Å². The SMILES string of the molecule is COc1ccc2nc(C(=O)NCc3ccc(C(=O)O)cc3)[nH]c(=O)c2c1. The summed E-state index contributed by atoms with van der Waals surface area (Å²) in [6.45, 7) is 0.170. The second-order valence-corrected chi connectivity index (χ2v) is 5.48. The van der Waals surface area contributed by atoms with Crippen molar-refractivity contribution in [3.63, 3.8) is 0 Å². The number of aromatic carboxylic acids is 1. The van der Waals surface area contributed by atoms with E-state index < -0.39 is 17.4 Å². The van der Waals surface area contributed by atoms with Crippen LogP contribution in [0.25, 0.3) is 10.9 Å². The van der Waals surface area contributed by atoms with Crippen LogP contribution in [0.3, 0.4) is 0 Å². The first-order chi connectivity index (χ1) is 12.5. The van der Waals surface area contributed by atoms with Crippen molar-refractivity contribution in [2.45, 2.75) is 6.54 Å². The van der Waals surface area contributed by atoms with Gasteiger partial charge in [-0.1, -0.05) is 12.1 Å². The maximum atomic E-state index is 12.2. The van der Waals surface area contributed by atoms with Crippen LogP contribution in [0.1, 0.15) is 26.5 Å². The normalized spacial score (nSPS) is 10.5. The zero-order chi connectivity index (χ0) is 18.7. The number of H-pyrrole nitrogens is 1. The molecule has 0 unspecified atom stereocenters. The molecule has 8 heteroatoms. The van der Waals surface area contributed by atoms with Crippen LogP contribution < -0.4 is 15.6 Å². The summed E-state index contributed by atoms with van der Waals surface area (Å²) in [4.78, 5) is 41.8. The number of carboxylic acid groups (broad SMARTS) is 1. The molecule has 0 saturated heterocycles. The van der Waals surface area contributed by atoms with E-state index in [1.807, 2.05) is 0 Å². The maximum Gasteiger partial charge on any atom is 0.335 e. The van der Waals surface area contributed by atoms with Crippen molar-refractivity contribution >= 4 is 22.8 Å². The summed E-state index contributed by atoms with van der Waals surface area (Å²) >= 11 is 0. The van der Waals surface area contributed by atoms with Crippen molar-refractivity contribution in [3.8, 4) is 5.75 Å². The minimum atomic E-state index is -1.02. The van der Waals surface area contributed by atoms with Crippen LogP contribution in [0.15, 0.2) is 47.3 Å². The minimum Gasteiger partial charge on any atom is -0.497 e. The number of nitrogens with zero attached hydrogens (tertiary/aromatic N) is 1. The van der Waals surface area contributed by atoms with Crippen LogP contribution in [0.2, 0.25) is 0 Å². The number of carbonyl (C=O) groups excluding carboxylic acids is 1. The first-order valence-corrected chi connectivity index (χ1v) is 7.66. The van der Waals surface area contributed by atoms with Gasteiger partial charge < -0.3 is 20.1 Å². The number of amides is 1. The maximum absolute atomic E-state index is 12.2. The highest BCUT2D eigenvalue weighted by atomic mass is 16.5. The Morgan fingerprint density at radius 1 is 1.19 bits per heavy atom. The lowest BCUT2D eigenvalue weighted by molar-refractivity contribution is 0.0696. The topological polar surface area (TPSA) is 121 Å². The van der Waals surface area contributed by atoms with Gasteiger partial charge in [0.2, 0.25) is 0 Å². The monoisotopic (exact) mass is 353 g/mol. The predicted octanol–water partition coefficient (Wildman–Crippen LogP) is 1.56. The number of rotatable bonds is 5. The molecule has 1 amide bonds. The molecule has 1 aromatic heterocycles. The molecule has 2 aromatic carbocycles. The van der Waals surface area contributed by atoms with Crippen molar-refractivity contribution in [1.82, 2.24) is 15.3 Å². The summed E-state index contributed by atoms with van der Waals surface area (Å²) in [5, 5.41) is 11.8. The fourth-order valence-corrected chi connectivity index (χ4v) is 2.38. The molecule has 132 valence electrons. The average Bonchev–Trinajstić information content (AvgIpc) is 2.66. The third-order valence-electron chi connectivity index (χ3n) is 3.78. The second-order valence-electron chi connectivity index (χ2n) is 5.48. The first-order valence-electron chi connectivity index (χ1n) is 7.66. The van der Waals surface area contributed by atoms with Crippen LogP contribution in [-0.2, 0) is 6.54 Å². The molecular formula is C18H15N3O5. The molecule has 0 saturated carbocycles. The number of ether oxygens (including phenoxy) is 1. The summed E-state index contributed by atoms with van der Waals surface area (Å²) < 4.78 is 5.07. The van der Waals surface area contributed by atoms with Gasteiger partial charge in [-0.2, -0.15) is 0 Å². The van der Waals surface area contributed by atoms with Crippen molar-refractivity contribution in [2.75, 3.05) is 7.11 Å². The smallest absolute Gasteiger partial charge is 0.335 e. The third kappa shape index (κ3) is 3.54. The number of carbonyl (C=O) groups is 2. The number of aromatic amines is 1. The highest BCUT2D eigenvalue weighted by molar-refractivity contribution is 5.92. The number of methoxy groups -OCH3 is 1. The van der Waals surface area contributed by atoms with Gasteiger partial charge in [-0.05, 0) is 35.9 Å². The lowest BCUT2D eigenvalue weighted by Gasteiger charge is -2.07. The molecule has 0 fully saturated rings. The zero-order valence-electron chi connectivity index (χ0n) is 13.8. The van der Waals surface area contributed by atoms with Crippen LogP contribution in [0, 0.1) is 0 Å². The fourth-order valence-electron chi connectivity index (χ4n) is 2.38. The van der Waals surface area contributed by atoms with Crippen LogP contribution in [0.4, 0.5) is 0 Å². The summed E-state index contributed by atoms with van der Waals surface area (Å²) in [7, 11) is 1.49. The molecule has 3 rings (SSSR count). The Morgan fingerprint density at radius 2 is 1.92 bits per heavy atom. The molecule has 0 aliphatic heterocycles. The van der Waals surface area contributed by atoms with Gasteiger partial charge in [0.05, 0.1) is 23.6 Å². The molecule has 0 atom stereocenters. The molecule has 1 heterocycles. The predicted molar refractivity (Wildman–Crippen MR) is 93.5 cm³/mol. The Labute approximate surface area is 147 Å². The van der Waals surface area contributed by atoms with E-state index in [0.717, 1.165) is 5.56 Å². The molecule has 0 radical (unpaired) electrons. The number of hydrogen-bond donors (Lipinski definition) is 3. The lowest BCUT2D eigenvalue weighted by atomic mass is 10.1. The highest BCUT2D eigenvalue weighted by Gasteiger charge is 2.12.